The molecule has 0 saturated heterocycles. The average Bonchev–Trinajstić information content (AvgIpc) is 2.69. The van der Waals surface area contributed by atoms with Crippen LogP contribution in [0.25, 0.3) is 6.08 Å². The highest BCUT2D eigenvalue weighted by Gasteiger charge is 2.20. The van der Waals surface area contributed by atoms with Crippen LogP contribution in [-0.2, 0) is 9.53 Å². The Kier molecular flexibility index (Phi) is 5.74. The minimum atomic E-state index is -0.997. The topological polar surface area (TPSA) is 52.6 Å². The summed E-state index contributed by atoms with van der Waals surface area (Å²) in [7, 11) is 0. The van der Waals surface area contributed by atoms with Crippen LogP contribution in [0.2, 0.25) is 0 Å². The summed E-state index contributed by atoms with van der Waals surface area (Å²) in [5.74, 6) is -2.54. The second-order valence-electron chi connectivity index (χ2n) is 5.48. The molecule has 0 aliphatic rings. The van der Waals surface area contributed by atoms with Crippen molar-refractivity contribution >= 4 is 18.0 Å². The van der Waals surface area contributed by atoms with Crippen molar-refractivity contribution in [1.82, 2.24) is 0 Å². The van der Waals surface area contributed by atoms with Crippen LogP contribution in [0.3, 0.4) is 0 Å². The SMILES string of the molecule is O=C(C=Cc1ccccc1)OC(=O)c1cccc(F)c1Oc1ccccc1. The Labute approximate surface area is 155 Å². The predicted octanol–water partition coefficient (Wildman–Crippen LogP) is 5.01. The summed E-state index contributed by atoms with van der Waals surface area (Å²) in [4.78, 5) is 24.2. The molecular formula is C22H15FO4. The van der Waals surface area contributed by atoms with Crippen molar-refractivity contribution in [3.8, 4) is 11.5 Å². The van der Waals surface area contributed by atoms with Crippen LogP contribution in [0.4, 0.5) is 4.39 Å². The molecule has 0 aliphatic carbocycles. The Morgan fingerprint density at radius 3 is 2.19 bits per heavy atom. The summed E-state index contributed by atoms with van der Waals surface area (Å²) in [5.41, 5.74) is 0.598. The van der Waals surface area contributed by atoms with E-state index in [9.17, 15) is 14.0 Å². The van der Waals surface area contributed by atoms with Crippen molar-refractivity contribution in [2.75, 3.05) is 0 Å². The van der Waals surface area contributed by atoms with E-state index in [0.29, 0.717) is 5.75 Å². The van der Waals surface area contributed by atoms with E-state index >= 15 is 0 Å². The summed E-state index contributed by atoms with van der Waals surface area (Å²) < 4.78 is 24.4. The Morgan fingerprint density at radius 1 is 0.815 bits per heavy atom. The van der Waals surface area contributed by atoms with Crippen molar-refractivity contribution in [1.29, 1.82) is 0 Å². The molecule has 3 aromatic carbocycles. The van der Waals surface area contributed by atoms with Crippen molar-refractivity contribution < 1.29 is 23.5 Å². The zero-order valence-electron chi connectivity index (χ0n) is 14.2. The second kappa shape index (κ2) is 8.58. The number of benzene rings is 3. The monoisotopic (exact) mass is 362 g/mol. The molecule has 0 saturated carbocycles. The van der Waals surface area contributed by atoms with Crippen LogP contribution in [0.1, 0.15) is 15.9 Å². The minimum absolute atomic E-state index is 0.180. The Balaban J connectivity index is 1.75. The van der Waals surface area contributed by atoms with E-state index in [0.717, 1.165) is 17.7 Å². The highest BCUT2D eigenvalue weighted by molar-refractivity contribution is 6.02. The molecule has 4 nitrogen and oxygen atoms in total. The molecule has 0 atom stereocenters. The quantitative estimate of drug-likeness (QED) is 0.363. The van der Waals surface area contributed by atoms with Crippen LogP contribution in [0.5, 0.6) is 11.5 Å². The lowest BCUT2D eigenvalue weighted by atomic mass is 10.2. The number of halogens is 1. The first kappa shape index (κ1) is 18.1. The van der Waals surface area contributed by atoms with Gasteiger partial charge in [0.15, 0.2) is 11.6 Å². The first-order valence-electron chi connectivity index (χ1n) is 8.14. The summed E-state index contributed by atoms with van der Waals surface area (Å²) in [5, 5.41) is 0. The maximum Gasteiger partial charge on any atom is 0.349 e. The molecular weight excluding hydrogens is 347 g/mol. The van der Waals surface area contributed by atoms with Crippen molar-refractivity contribution in [2.45, 2.75) is 0 Å². The van der Waals surface area contributed by atoms with Gasteiger partial charge in [0.05, 0.1) is 0 Å². The maximum atomic E-state index is 14.2. The first-order valence-corrected chi connectivity index (χ1v) is 8.14. The molecule has 0 unspecified atom stereocenters. The number of esters is 2. The van der Waals surface area contributed by atoms with Crippen LogP contribution in [-0.4, -0.2) is 11.9 Å². The van der Waals surface area contributed by atoms with Gasteiger partial charge in [0.1, 0.15) is 11.3 Å². The molecule has 134 valence electrons. The number of carbonyl (C=O) groups is 2. The maximum absolute atomic E-state index is 14.2. The van der Waals surface area contributed by atoms with Crippen LogP contribution in [0, 0.1) is 5.82 Å². The molecule has 0 heterocycles. The van der Waals surface area contributed by atoms with E-state index in [4.69, 9.17) is 9.47 Å². The standard InChI is InChI=1S/C22H15FO4/c23-19-13-7-12-18(21(19)26-17-10-5-2-6-11-17)22(25)27-20(24)15-14-16-8-3-1-4-9-16/h1-15H. The third kappa shape index (κ3) is 4.89. The second-order valence-corrected chi connectivity index (χ2v) is 5.48. The summed E-state index contributed by atoms with van der Waals surface area (Å²) >= 11 is 0. The summed E-state index contributed by atoms with van der Waals surface area (Å²) in [6, 6.07) is 21.3. The van der Waals surface area contributed by atoms with Gasteiger partial charge in [0, 0.05) is 6.08 Å². The molecule has 3 rings (SSSR count). The summed E-state index contributed by atoms with van der Waals surface area (Å²) in [6.07, 6.45) is 2.65. The molecule has 0 aromatic heterocycles. The van der Waals surface area contributed by atoms with Gasteiger partial charge < -0.3 is 9.47 Å². The van der Waals surface area contributed by atoms with E-state index in [1.54, 1.807) is 42.5 Å². The van der Waals surface area contributed by atoms with Crippen LogP contribution < -0.4 is 4.74 Å². The Morgan fingerprint density at radius 2 is 1.48 bits per heavy atom. The van der Waals surface area contributed by atoms with Crippen molar-refractivity contribution in [2.24, 2.45) is 0 Å². The molecule has 3 aromatic rings. The van der Waals surface area contributed by atoms with E-state index < -0.39 is 17.8 Å². The number of carbonyl (C=O) groups excluding carboxylic acids is 2. The van der Waals surface area contributed by atoms with Gasteiger partial charge >= 0.3 is 11.9 Å². The highest BCUT2D eigenvalue weighted by atomic mass is 19.1. The lowest BCUT2D eigenvalue weighted by Crippen LogP contribution is -2.12. The van der Waals surface area contributed by atoms with Gasteiger partial charge in [-0.05, 0) is 35.9 Å². The zero-order valence-corrected chi connectivity index (χ0v) is 14.2. The lowest BCUT2D eigenvalue weighted by molar-refractivity contribution is -0.132. The van der Waals surface area contributed by atoms with Crippen LogP contribution in [0.15, 0.2) is 84.9 Å². The average molecular weight is 362 g/mol. The molecule has 0 N–H and O–H groups in total. The number of rotatable bonds is 5. The van der Waals surface area contributed by atoms with Gasteiger partial charge in [-0.1, -0.05) is 54.6 Å². The fourth-order valence-corrected chi connectivity index (χ4v) is 2.29. The minimum Gasteiger partial charge on any atom is -0.453 e. The number of ether oxygens (including phenoxy) is 2. The van der Waals surface area contributed by atoms with Gasteiger partial charge in [-0.15, -0.1) is 0 Å². The van der Waals surface area contributed by atoms with E-state index in [-0.39, 0.29) is 11.3 Å². The molecule has 27 heavy (non-hydrogen) atoms. The van der Waals surface area contributed by atoms with Crippen molar-refractivity contribution in [3.05, 3.63) is 102 Å². The van der Waals surface area contributed by atoms with Crippen molar-refractivity contribution in [3.63, 3.8) is 0 Å². The molecule has 0 aliphatic heterocycles. The van der Waals surface area contributed by atoms with E-state index in [1.807, 2.05) is 18.2 Å². The largest absolute Gasteiger partial charge is 0.453 e. The van der Waals surface area contributed by atoms with Crippen LogP contribution >= 0.6 is 0 Å². The zero-order chi connectivity index (χ0) is 19.1. The predicted molar refractivity (Wildman–Crippen MR) is 98.8 cm³/mol. The van der Waals surface area contributed by atoms with Gasteiger partial charge in [-0.25, -0.2) is 14.0 Å². The van der Waals surface area contributed by atoms with Gasteiger partial charge in [0.2, 0.25) is 0 Å². The highest BCUT2D eigenvalue weighted by Crippen LogP contribution is 2.29. The Bertz CT molecular complexity index is 966. The van der Waals surface area contributed by atoms with E-state index in [2.05, 4.69) is 0 Å². The third-order valence-corrected chi connectivity index (χ3v) is 3.55. The number of hydrogen-bond donors (Lipinski definition) is 0. The Hall–Kier alpha value is -3.73. The molecule has 0 bridgehead atoms. The molecule has 0 radical (unpaired) electrons. The third-order valence-electron chi connectivity index (χ3n) is 3.55. The fraction of sp³-hybridized carbons (Fsp3) is 0. The van der Waals surface area contributed by atoms with Gasteiger partial charge in [-0.3, -0.25) is 0 Å². The lowest BCUT2D eigenvalue weighted by Gasteiger charge is -2.10. The molecule has 0 spiro atoms. The van der Waals surface area contributed by atoms with Gasteiger partial charge in [0.25, 0.3) is 0 Å². The number of hydrogen-bond acceptors (Lipinski definition) is 4. The first-order chi connectivity index (χ1) is 13.1. The fourth-order valence-electron chi connectivity index (χ4n) is 2.29. The molecule has 0 amide bonds. The molecule has 5 heteroatoms. The van der Waals surface area contributed by atoms with Gasteiger partial charge in [-0.2, -0.15) is 0 Å². The normalized spacial score (nSPS) is 10.6. The summed E-state index contributed by atoms with van der Waals surface area (Å²) in [6.45, 7) is 0. The smallest absolute Gasteiger partial charge is 0.349 e. The van der Waals surface area contributed by atoms with E-state index in [1.165, 1.54) is 18.2 Å². The number of para-hydroxylation sites is 2. The molecule has 0 fully saturated rings.